The molecule has 2 fully saturated rings. The first-order valence-electron chi connectivity index (χ1n) is 4.71. The van der Waals surface area contributed by atoms with Crippen LogP contribution in [0.1, 0.15) is 27.2 Å². The van der Waals surface area contributed by atoms with Crippen LogP contribution >= 0.6 is 0 Å². The predicted molar refractivity (Wildman–Crippen MR) is 45.9 cm³/mol. The molecule has 3 heteroatoms. The lowest BCUT2D eigenvalue weighted by Gasteiger charge is -2.21. The Labute approximate surface area is 73.4 Å². The fraction of sp³-hybridized carbons (Fsp3) is 1.00. The van der Waals surface area contributed by atoms with E-state index in [1.807, 2.05) is 13.8 Å². The van der Waals surface area contributed by atoms with Crippen molar-refractivity contribution in [1.82, 2.24) is 5.32 Å². The Balaban J connectivity index is 2.06. The van der Waals surface area contributed by atoms with Crippen molar-refractivity contribution in [3.8, 4) is 0 Å². The molecule has 0 saturated carbocycles. The molecule has 3 nitrogen and oxygen atoms in total. The molecule has 0 aromatic rings. The molecule has 0 aliphatic carbocycles. The molecule has 12 heavy (non-hydrogen) atoms. The second-order valence-corrected chi connectivity index (χ2v) is 4.06. The number of ether oxygens (including phenoxy) is 2. The molecule has 0 spiro atoms. The van der Waals surface area contributed by atoms with Gasteiger partial charge in [-0.25, -0.2) is 0 Å². The van der Waals surface area contributed by atoms with Crippen molar-refractivity contribution in [2.24, 2.45) is 0 Å². The van der Waals surface area contributed by atoms with Gasteiger partial charge >= 0.3 is 0 Å². The van der Waals surface area contributed by atoms with Crippen LogP contribution in [0.15, 0.2) is 0 Å². The van der Waals surface area contributed by atoms with Crippen LogP contribution in [-0.2, 0) is 9.47 Å². The fourth-order valence-corrected chi connectivity index (χ4v) is 2.12. The van der Waals surface area contributed by atoms with E-state index in [1.165, 1.54) is 0 Å². The van der Waals surface area contributed by atoms with Gasteiger partial charge in [0.05, 0.1) is 0 Å². The predicted octanol–water partition coefficient (Wildman–Crippen LogP) is 0.888. The molecule has 3 unspecified atom stereocenters. The van der Waals surface area contributed by atoms with Crippen molar-refractivity contribution >= 4 is 0 Å². The summed E-state index contributed by atoms with van der Waals surface area (Å²) in [4.78, 5) is 0. The number of hydrogen-bond donors (Lipinski definition) is 1. The fourth-order valence-electron chi connectivity index (χ4n) is 2.12. The van der Waals surface area contributed by atoms with Crippen molar-refractivity contribution in [3.05, 3.63) is 0 Å². The van der Waals surface area contributed by atoms with Gasteiger partial charge in [-0.1, -0.05) is 6.92 Å². The molecule has 0 amide bonds. The molecule has 2 heterocycles. The van der Waals surface area contributed by atoms with Crippen LogP contribution in [0.3, 0.4) is 0 Å². The maximum atomic E-state index is 5.79. The van der Waals surface area contributed by atoms with E-state index in [0.717, 1.165) is 13.0 Å². The Hall–Kier alpha value is -0.120. The van der Waals surface area contributed by atoms with Crippen LogP contribution in [0.2, 0.25) is 0 Å². The van der Waals surface area contributed by atoms with Crippen molar-refractivity contribution in [2.75, 3.05) is 6.54 Å². The highest BCUT2D eigenvalue weighted by atomic mass is 16.8. The quantitative estimate of drug-likeness (QED) is 0.635. The Morgan fingerprint density at radius 3 is 2.83 bits per heavy atom. The van der Waals surface area contributed by atoms with Gasteiger partial charge in [-0.3, -0.25) is 0 Å². The second-order valence-electron chi connectivity index (χ2n) is 4.06. The summed E-state index contributed by atoms with van der Waals surface area (Å²) in [6.45, 7) is 7.08. The minimum absolute atomic E-state index is 0.268. The molecular formula is C9H17NO2. The SMILES string of the molecule is CCC1NCC2OC(C)(C)OC12. The van der Waals surface area contributed by atoms with Gasteiger partial charge in [-0.15, -0.1) is 0 Å². The van der Waals surface area contributed by atoms with Crippen LogP contribution in [0.4, 0.5) is 0 Å². The maximum absolute atomic E-state index is 5.79. The minimum atomic E-state index is -0.370. The molecule has 0 aromatic heterocycles. The highest BCUT2D eigenvalue weighted by Gasteiger charge is 2.48. The molecule has 3 atom stereocenters. The smallest absolute Gasteiger partial charge is 0.163 e. The average Bonchev–Trinajstić information content (AvgIpc) is 2.42. The number of hydrogen-bond acceptors (Lipinski definition) is 3. The molecule has 1 N–H and O–H groups in total. The third-order valence-corrected chi connectivity index (χ3v) is 2.64. The van der Waals surface area contributed by atoms with Crippen molar-refractivity contribution in [2.45, 2.75) is 51.2 Å². The van der Waals surface area contributed by atoms with Crippen LogP contribution < -0.4 is 5.32 Å². The van der Waals surface area contributed by atoms with E-state index in [-0.39, 0.29) is 18.0 Å². The zero-order valence-electron chi connectivity index (χ0n) is 7.96. The zero-order valence-corrected chi connectivity index (χ0v) is 7.96. The van der Waals surface area contributed by atoms with Gasteiger partial charge in [0.2, 0.25) is 0 Å². The first-order chi connectivity index (χ1) is 5.62. The highest BCUT2D eigenvalue weighted by Crippen LogP contribution is 2.33. The van der Waals surface area contributed by atoms with E-state index in [9.17, 15) is 0 Å². The Bertz CT molecular complexity index is 181. The zero-order chi connectivity index (χ0) is 8.77. The van der Waals surface area contributed by atoms with Crippen molar-refractivity contribution < 1.29 is 9.47 Å². The Kier molecular flexibility index (Phi) is 1.90. The van der Waals surface area contributed by atoms with Crippen molar-refractivity contribution in [3.63, 3.8) is 0 Å². The summed E-state index contributed by atoms with van der Waals surface area (Å²) >= 11 is 0. The van der Waals surface area contributed by atoms with E-state index in [2.05, 4.69) is 12.2 Å². The van der Waals surface area contributed by atoms with Crippen LogP contribution in [0, 0.1) is 0 Å². The number of nitrogens with one attached hydrogen (secondary N) is 1. The van der Waals surface area contributed by atoms with Crippen molar-refractivity contribution in [1.29, 1.82) is 0 Å². The lowest BCUT2D eigenvalue weighted by molar-refractivity contribution is -0.152. The number of rotatable bonds is 1. The Morgan fingerprint density at radius 2 is 2.17 bits per heavy atom. The lowest BCUT2D eigenvalue weighted by atomic mass is 10.1. The van der Waals surface area contributed by atoms with Gasteiger partial charge in [0, 0.05) is 12.6 Å². The molecule has 0 aromatic carbocycles. The summed E-state index contributed by atoms with van der Waals surface area (Å²) in [5, 5.41) is 3.40. The molecule has 0 radical (unpaired) electrons. The summed E-state index contributed by atoms with van der Waals surface area (Å²) in [7, 11) is 0. The Morgan fingerprint density at radius 1 is 1.42 bits per heavy atom. The van der Waals surface area contributed by atoms with Gasteiger partial charge in [-0.2, -0.15) is 0 Å². The minimum Gasteiger partial charge on any atom is -0.343 e. The van der Waals surface area contributed by atoms with E-state index in [1.54, 1.807) is 0 Å². The third-order valence-electron chi connectivity index (χ3n) is 2.64. The van der Waals surface area contributed by atoms with E-state index in [0.29, 0.717) is 6.04 Å². The highest BCUT2D eigenvalue weighted by molar-refractivity contribution is 4.96. The maximum Gasteiger partial charge on any atom is 0.163 e. The normalized spacial score (nSPS) is 44.8. The molecular weight excluding hydrogens is 154 g/mol. The van der Waals surface area contributed by atoms with Crippen LogP contribution in [-0.4, -0.2) is 30.6 Å². The average molecular weight is 171 g/mol. The standard InChI is InChI=1S/C9H17NO2/c1-4-6-8-7(5-10-6)11-9(2,3)12-8/h6-8,10H,4-5H2,1-3H3. The first kappa shape index (κ1) is 8.48. The summed E-state index contributed by atoms with van der Waals surface area (Å²) in [5.74, 6) is -0.370. The van der Waals surface area contributed by atoms with Gasteiger partial charge < -0.3 is 14.8 Å². The van der Waals surface area contributed by atoms with E-state index < -0.39 is 0 Å². The second kappa shape index (κ2) is 2.69. The third kappa shape index (κ3) is 1.26. The van der Waals surface area contributed by atoms with E-state index in [4.69, 9.17) is 9.47 Å². The molecule has 2 rings (SSSR count). The molecule has 0 bridgehead atoms. The van der Waals surface area contributed by atoms with Crippen LogP contribution in [0.25, 0.3) is 0 Å². The largest absolute Gasteiger partial charge is 0.343 e. The van der Waals surface area contributed by atoms with Crippen LogP contribution in [0.5, 0.6) is 0 Å². The topological polar surface area (TPSA) is 30.5 Å². The van der Waals surface area contributed by atoms with Gasteiger partial charge in [0.25, 0.3) is 0 Å². The first-order valence-corrected chi connectivity index (χ1v) is 4.71. The van der Waals surface area contributed by atoms with Gasteiger partial charge in [0.1, 0.15) is 12.2 Å². The summed E-state index contributed by atoms with van der Waals surface area (Å²) < 4.78 is 11.5. The summed E-state index contributed by atoms with van der Waals surface area (Å²) in [6.07, 6.45) is 1.65. The number of fused-ring (bicyclic) bond motifs is 1. The monoisotopic (exact) mass is 171 g/mol. The lowest BCUT2D eigenvalue weighted by Crippen LogP contribution is -2.34. The van der Waals surface area contributed by atoms with Gasteiger partial charge in [0.15, 0.2) is 5.79 Å². The van der Waals surface area contributed by atoms with Gasteiger partial charge in [-0.05, 0) is 20.3 Å². The summed E-state index contributed by atoms with van der Waals surface area (Å²) in [5.41, 5.74) is 0. The molecule has 2 saturated heterocycles. The molecule has 2 aliphatic heterocycles. The summed E-state index contributed by atoms with van der Waals surface area (Å²) in [6, 6.07) is 0.483. The molecule has 2 aliphatic rings. The molecule has 70 valence electrons. The van der Waals surface area contributed by atoms with E-state index >= 15 is 0 Å².